The average molecular weight is 172 g/mol. The number of hydrogen-bond acceptors (Lipinski definition) is 4. The van der Waals surface area contributed by atoms with Gasteiger partial charge in [0.25, 0.3) is 0 Å². The Kier molecular flexibility index (Phi) is 2.78. The van der Waals surface area contributed by atoms with E-state index < -0.39 is 16.9 Å². The van der Waals surface area contributed by atoms with Crippen LogP contribution >= 0.6 is 0 Å². The minimum Gasteiger partial charge on any atom is -0.473 e. The molecule has 0 radical (unpaired) electrons. The monoisotopic (exact) mass is 172 g/mol. The highest BCUT2D eigenvalue weighted by atomic mass is 19.3. The van der Waals surface area contributed by atoms with Crippen molar-refractivity contribution < 1.29 is 22.9 Å². The van der Waals surface area contributed by atoms with Gasteiger partial charge in [-0.2, -0.15) is 0 Å². The van der Waals surface area contributed by atoms with Crippen LogP contribution in [-0.4, -0.2) is 24.0 Å². The second-order valence-electron chi connectivity index (χ2n) is 1.39. The van der Waals surface area contributed by atoms with Crippen LogP contribution in [0.2, 0.25) is 0 Å². The topological polar surface area (TPSA) is 64.7 Å². The summed E-state index contributed by atoms with van der Waals surface area (Å²) in [7, 11) is 0.649. The standard InChI is InChI=1S/C3H3F3N2O3/c1-11-2(7-6)3(4,5)8(9)10/h1H3. The second kappa shape index (κ2) is 3.17. The zero-order valence-electron chi connectivity index (χ0n) is 5.25. The van der Waals surface area contributed by atoms with Gasteiger partial charge in [-0.1, -0.05) is 4.48 Å². The van der Waals surface area contributed by atoms with Gasteiger partial charge in [0.1, 0.15) is 4.92 Å². The van der Waals surface area contributed by atoms with Gasteiger partial charge < -0.3 is 4.74 Å². The molecule has 0 spiro atoms. The van der Waals surface area contributed by atoms with Crippen molar-refractivity contribution in [1.82, 2.24) is 0 Å². The lowest BCUT2D eigenvalue weighted by molar-refractivity contribution is -0.619. The fraction of sp³-hybridized carbons (Fsp3) is 0.667. The number of methoxy groups -OCH3 is 1. The first-order valence-electron chi connectivity index (χ1n) is 2.22. The maximum atomic E-state index is 12.0. The summed E-state index contributed by atoms with van der Waals surface area (Å²) in [5.41, 5.74) is 0. The Hall–Kier alpha value is -1.34. The van der Waals surface area contributed by atoms with Crippen LogP contribution in [0.3, 0.4) is 0 Å². The smallest absolute Gasteiger partial charge is 0.473 e. The average Bonchev–Trinajstić information content (AvgIpc) is 1.89. The highest BCUT2D eigenvalue weighted by molar-refractivity contribution is 5.80. The fourth-order valence-electron chi connectivity index (χ4n) is 0.286. The van der Waals surface area contributed by atoms with Gasteiger partial charge in [0, 0.05) is 0 Å². The van der Waals surface area contributed by atoms with E-state index in [0.29, 0.717) is 7.11 Å². The van der Waals surface area contributed by atoms with Crippen LogP contribution in [0.5, 0.6) is 0 Å². The van der Waals surface area contributed by atoms with E-state index in [1.807, 2.05) is 0 Å². The normalized spacial score (nSPS) is 12.9. The minimum absolute atomic E-state index is 0.649. The molecule has 0 saturated carbocycles. The lowest BCUT2D eigenvalue weighted by Gasteiger charge is -2.05. The van der Waals surface area contributed by atoms with Crippen molar-refractivity contribution in [2.75, 3.05) is 7.11 Å². The Bertz CT molecular complexity index is 192. The summed E-state index contributed by atoms with van der Waals surface area (Å²) in [6.45, 7) is 0. The van der Waals surface area contributed by atoms with Crippen molar-refractivity contribution in [2.45, 2.75) is 6.05 Å². The van der Waals surface area contributed by atoms with E-state index in [1.54, 1.807) is 0 Å². The number of rotatable bonds is 2. The Balaban J connectivity index is 4.66. The number of alkyl halides is 2. The number of ether oxygens (including phenoxy) is 1. The maximum Gasteiger partial charge on any atom is 0.593 e. The molecule has 0 rings (SSSR count). The first-order valence-corrected chi connectivity index (χ1v) is 2.22. The van der Waals surface area contributed by atoms with Crippen LogP contribution in [-0.2, 0) is 4.74 Å². The minimum atomic E-state index is -4.61. The lowest BCUT2D eigenvalue weighted by Crippen LogP contribution is -2.38. The van der Waals surface area contributed by atoms with Gasteiger partial charge in [-0.25, -0.2) is 0 Å². The SMILES string of the molecule is COC(=NF)C(F)(F)[N+](=O)[O-]. The molecule has 0 fully saturated rings. The molecule has 0 amide bonds. The Morgan fingerprint density at radius 2 is 2.18 bits per heavy atom. The number of hydrogen-bond donors (Lipinski definition) is 0. The highest BCUT2D eigenvalue weighted by Crippen LogP contribution is 2.16. The summed E-state index contributed by atoms with van der Waals surface area (Å²) in [5.74, 6) is -1.87. The van der Waals surface area contributed by atoms with Gasteiger partial charge in [-0.05, 0) is 5.21 Å². The van der Waals surface area contributed by atoms with Crippen LogP contribution in [0.1, 0.15) is 0 Å². The molecule has 0 aliphatic heterocycles. The molecule has 0 aromatic rings. The molecule has 8 heteroatoms. The second-order valence-corrected chi connectivity index (χ2v) is 1.39. The molecule has 0 heterocycles. The molecule has 0 aromatic heterocycles. The van der Waals surface area contributed by atoms with E-state index in [-0.39, 0.29) is 0 Å². The van der Waals surface area contributed by atoms with E-state index in [4.69, 9.17) is 0 Å². The first kappa shape index (κ1) is 9.66. The third-order valence-corrected chi connectivity index (χ3v) is 0.757. The summed E-state index contributed by atoms with van der Waals surface area (Å²) >= 11 is 0. The maximum absolute atomic E-state index is 12.0. The molecule has 64 valence electrons. The molecular formula is C3H3F3N2O3. The van der Waals surface area contributed by atoms with E-state index in [0.717, 1.165) is 0 Å². The molecule has 0 aromatic carbocycles. The van der Waals surface area contributed by atoms with Crippen molar-refractivity contribution >= 4 is 5.90 Å². The predicted octanol–water partition coefficient (Wildman–Crippen LogP) is 0.785. The van der Waals surface area contributed by atoms with Gasteiger partial charge in [0.15, 0.2) is 0 Å². The van der Waals surface area contributed by atoms with Crippen molar-refractivity contribution in [1.29, 1.82) is 0 Å². The third-order valence-electron chi connectivity index (χ3n) is 0.757. The van der Waals surface area contributed by atoms with Crippen molar-refractivity contribution in [3.63, 3.8) is 0 Å². The number of nitro groups is 1. The summed E-state index contributed by atoms with van der Waals surface area (Å²) in [5, 5.41) is 10.9. The predicted molar refractivity (Wildman–Crippen MR) is 27.5 cm³/mol. The lowest BCUT2D eigenvalue weighted by atomic mass is 10.6. The summed E-state index contributed by atoms with van der Waals surface area (Å²) in [4.78, 5) is 7.50. The molecule has 0 aliphatic carbocycles. The van der Waals surface area contributed by atoms with Gasteiger partial charge >= 0.3 is 11.9 Å². The first-order chi connectivity index (χ1) is 4.96. The highest BCUT2D eigenvalue weighted by Gasteiger charge is 2.53. The molecule has 5 nitrogen and oxygen atoms in total. The summed E-state index contributed by atoms with van der Waals surface area (Å²) in [6, 6.07) is -4.61. The summed E-state index contributed by atoms with van der Waals surface area (Å²) in [6.07, 6.45) is 0. The van der Waals surface area contributed by atoms with Gasteiger partial charge in [0.05, 0.1) is 7.11 Å². The molecule has 0 aliphatic rings. The Morgan fingerprint density at radius 3 is 2.27 bits per heavy atom. The van der Waals surface area contributed by atoms with Gasteiger partial charge in [-0.15, -0.1) is 8.78 Å². The number of nitrogens with zero attached hydrogens (tertiary/aromatic N) is 2. The summed E-state index contributed by atoms with van der Waals surface area (Å²) < 4.78 is 38.8. The van der Waals surface area contributed by atoms with Crippen LogP contribution < -0.4 is 0 Å². The Labute approximate surface area is 58.6 Å². The molecule has 0 bridgehead atoms. The zero-order chi connectivity index (χ0) is 9.07. The van der Waals surface area contributed by atoms with E-state index >= 15 is 0 Å². The van der Waals surface area contributed by atoms with E-state index in [2.05, 4.69) is 4.74 Å². The quantitative estimate of drug-likeness (QED) is 0.203. The van der Waals surface area contributed by atoms with Crippen LogP contribution in [0.15, 0.2) is 5.21 Å². The van der Waals surface area contributed by atoms with Crippen molar-refractivity contribution in [3.05, 3.63) is 10.1 Å². The third kappa shape index (κ3) is 1.79. The molecule has 0 unspecified atom stereocenters. The van der Waals surface area contributed by atoms with E-state index in [9.17, 15) is 23.4 Å². The van der Waals surface area contributed by atoms with Crippen LogP contribution in [0, 0.1) is 10.1 Å². The van der Waals surface area contributed by atoms with Gasteiger partial charge in [0.2, 0.25) is 0 Å². The van der Waals surface area contributed by atoms with Crippen molar-refractivity contribution in [3.8, 4) is 0 Å². The van der Waals surface area contributed by atoms with E-state index in [1.165, 1.54) is 5.21 Å². The molecule has 0 atom stereocenters. The number of halogens is 3. The zero-order valence-corrected chi connectivity index (χ0v) is 5.25. The molecule has 0 N–H and O–H groups in total. The van der Waals surface area contributed by atoms with Crippen molar-refractivity contribution in [2.24, 2.45) is 5.21 Å². The van der Waals surface area contributed by atoms with Gasteiger partial charge in [-0.3, -0.25) is 10.1 Å². The fourth-order valence-corrected chi connectivity index (χ4v) is 0.286. The molecular weight excluding hydrogens is 169 g/mol. The largest absolute Gasteiger partial charge is 0.593 e. The molecule has 0 saturated heterocycles. The Morgan fingerprint density at radius 1 is 1.73 bits per heavy atom. The van der Waals surface area contributed by atoms with Crippen LogP contribution in [0.25, 0.3) is 0 Å². The molecule has 11 heavy (non-hydrogen) atoms. The van der Waals surface area contributed by atoms with Crippen LogP contribution in [0.4, 0.5) is 13.3 Å².